The molecule has 2 unspecified atom stereocenters. The molecule has 0 saturated heterocycles. The monoisotopic (exact) mass is 452 g/mol. The third kappa shape index (κ3) is 4.21. The molecule has 0 aromatic heterocycles. The van der Waals surface area contributed by atoms with Gasteiger partial charge in [-0.2, -0.15) is 0 Å². The predicted octanol–water partition coefficient (Wildman–Crippen LogP) is 6.97. The molecular formula is C30H32N2O2. The first kappa shape index (κ1) is 22.3. The van der Waals surface area contributed by atoms with Crippen LogP contribution < -0.4 is 15.4 Å². The first-order valence-corrected chi connectivity index (χ1v) is 12.0. The number of methoxy groups -OCH3 is 1. The zero-order valence-corrected chi connectivity index (χ0v) is 20.3. The Kier molecular flexibility index (Phi) is 5.68. The number of ether oxygens (including phenoxy) is 1. The minimum absolute atomic E-state index is 0.112. The number of rotatable bonds is 3. The number of hydrogen-bond acceptors (Lipinski definition) is 4. The van der Waals surface area contributed by atoms with Crippen molar-refractivity contribution in [1.82, 2.24) is 0 Å². The molecule has 0 fully saturated rings. The Morgan fingerprint density at radius 2 is 1.47 bits per heavy atom. The van der Waals surface area contributed by atoms with Crippen LogP contribution in [0, 0.1) is 0 Å². The summed E-state index contributed by atoms with van der Waals surface area (Å²) in [7, 11) is 1.67. The van der Waals surface area contributed by atoms with Gasteiger partial charge in [0.2, 0.25) is 0 Å². The summed E-state index contributed by atoms with van der Waals surface area (Å²) < 4.78 is 5.35. The van der Waals surface area contributed by atoms with Crippen molar-refractivity contribution in [2.24, 2.45) is 0 Å². The second-order valence-corrected chi connectivity index (χ2v) is 10.3. The standard InChI is InChI=1S/C30H32N2O2/c1-30(2,3)22-13-9-19(10-14-22)21-17-26-28(27(33)18-21)29(20-11-15-23(34-4)16-12-20)32-25-8-6-5-7-24(25)31-26/h5-16,21,29,31-32H,17-18H2,1-4H3. The Morgan fingerprint density at radius 1 is 0.824 bits per heavy atom. The fourth-order valence-corrected chi connectivity index (χ4v) is 5.03. The molecule has 3 aromatic rings. The van der Waals surface area contributed by atoms with Crippen LogP contribution in [0.2, 0.25) is 0 Å². The Hall–Kier alpha value is -3.53. The van der Waals surface area contributed by atoms with Crippen LogP contribution in [0.1, 0.15) is 62.3 Å². The average Bonchev–Trinajstić information content (AvgIpc) is 3.00. The zero-order valence-electron chi connectivity index (χ0n) is 20.3. The second kappa shape index (κ2) is 8.68. The van der Waals surface area contributed by atoms with E-state index in [0.717, 1.165) is 40.4 Å². The van der Waals surface area contributed by atoms with Crippen molar-refractivity contribution in [3.05, 3.63) is 101 Å². The van der Waals surface area contributed by atoms with Gasteiger partial charge in [0.15, 0.2) is 5.78 Å². The normalized spacial score (nSPS) is 19.9. The van der Waals surface area contributed by atoms with E-state index in [4.69, 9.17) is 4.74 Å². The minimum atomic E-state index is -0.214. The molecule has 5 rings (SSSR count). The average molecular weight is 453 g/mol. The Morgan fingerprint density at radius 3 is 2.12 bits per heavy atom. The van der Waals surface area contributed by atoms with Crippen molar-refractivity contribution in [3.8, 4) is 5.75 Å². The van der Waals surface area contributed by atoms with Gasteiger partial charge in [-0.25, -0.2) is 0 Å². The van der Waals surface area contributed by atoms with Crippen LogP contribution in [-0.2, 0) is 10.2 Å². The van der Waals surface area contributed by atoms with E-state index in [9.17, 15) is 4.79 Å². The molecule has 1 aliphatic carbocycles. The van der Waals surface area contributed by atoms with Gasteiger partial charge in [0.05, 0.1) is 24.5 Å². The summed E-state index contributed by atoms with van der Waals surface area (Å²) in [6, 6.07) is 24.8. The van der Waals surface area contributed by atoms with Gasteiger partial charge in [0.1, 0.15) is 5.75 Å². The maximum Gasteiger partial charge on any atom is 0.163 e. The van der Waals surface area contributed by atoms with Crippen molar-refractivity contribution >= 4 is 17.2 Å². The number of carbonyl (C=O) groups is 1. The van der Waals surface area contributed by atoms with Crippen LogP contribution in [0.4, 0.5) is 11.4 Å². The summed E-state index contributed by atoms with van der Waals surface area (Å²) in [5, 5.41) is 7.26. The van der Waals surface area contributed by atoms with Gasteiger partial charge in [-0.15, -0.1) is 0 Å². The van der Waals surface area contributed by atoms with Gasteiger partial charge in [-0.1, -0.05) is 69.3 Å². The lowest BCUT2D eigenvalue weighted by molar-refractivity contribution is -0.116. The number of anilines is 2. The molecule has 174 valence electrons. The first-order valence-electron chi connectivity index (χ1n) is 12.0. The highest BCUT2D eigenvalue weighted by molar-refractivity contribution is 6.01. The number of nitrogens with one attached hydrogen (secondary N) is 2. The SMILES string of the molecule is COc1ccc(C2Nc3ccccc3NC3=C2C(=O)CC(c2ccc(C(C)(C)C)cc2)C3)cc1. The van der Waals surface area contributed by atoms with Gasteiger partial charge in [-0.05, 0) is 58.7 Å². The van der Waals surface area contributed by atoms with E-state index in [-0.39, 0.29) is 23.2 Å². The summed E-state index contributed by atoms with van der Waals surface area (Å²) in [5.74, 6) is 1.16. The zero-order chi connectivity index (χ0) is 23.9. The number of para-hydroxylation sites is 2. The number of benzene rings is 3. The first-order chi connectivity index (χ1) is 16.3. The topological polar surface area (TPSA) is 50.4 Å². The molecule has 1 aliphatic heterocycles. The van der Waals surface area contributed by atoms with Gasteiger partial charge in [0, 0.05) is 17.7 Å². The van der Waals surface area contributed by atoms with Crippen molar-refractivity contribution in [2.45, 2.75) is 51.0 Å². The summed E-state index contributed by atoms with van der Waals surface area (Å²) in [6.45, 7) is 6.67. The molecule has 0 radical (unpaired) electrons. The summed E-state index contributed by atoms with van der Waals surface area (Å²) in [6.07, 6.45) is 1.32. The third-order valence-electron chi connectivity index (χ3n) is 7.01. The molecule has 0 saturated carbocycles. The molecular weight excluding hydrogens is 420 g/mol. The van der Waals surface area contributed by atoms with E-state index in [1.54, 1.807) is 7.11 Å². The van der Waals surface area contributed by atoms with Crippen molar-refractivity contribution < 1.29 is 9.53 Å². The molecule has 2 atom stereocenters. The number of fused-ring (bicyclic) bond motifs is 1. The highest BCUT2D eigenvalue weighted by Gasteiger charge is 2.36. The number of hydrogen-bond donors (Lipinski definition) is 2. The van der Waals surface area contributed by atoms with E-state index in [1.165, 1.54) is 11.1 Å². The number of carbonyl (C=O) groups excluding carboxylic acids is 1. The smallest absolute Gasteiger partial charge is 0.163 e. The van der Waals surface area contributed by atoms with E-state index >= 15 is 0 Å². The highest BCUT2D eigenvalue weighted by atomic mass is 16.5. The molecule has 0 amide bonds. The lowest BCUT2D eigenvalue weighted by Crippen LogP contribution is -2.27. The van der Waals surface area contributed by atoms with E-state index < -0.39 is 0 Å². The van der Waals surface area contributed by atoms with Gasteiger partial charge in [-0.3, -0.25) is 4.79 Å². The molecule has 4 nitrogen and oxygen atoms in total. The van der Waals surface area contributed by atoms with Crippen molar-refractivity contribution in [2.75, 3.05) is 17.7 Å². The van der Waals surface area contributed by atoms with Crippen LogP contribution in [-0.4, -0.2) is 12.9 Å². The molecule has 4 heteroatoms. The van der Waals surface area contributed by atoms with Crippen LogP contribution in [0.15, 0.2) is 84.1 Å². The van der Waals surface area contributed by atoms with Crippen LogP contribution >= 0.6 is 0 Å². The van der Waals surface area contributed by atoms with Crippen molar-refractivity contribution in [3.63, 3.8) is 0 Å². The Bertz CT molecular complexity index is 1230. The van der Waals surface area contributed by atoms with Crippen molar-refractivity contribution in [1.29, 1.82) is 0 Å². The number of ketones is 1. The Labute approximate surface area is 202 Å². The predicted molar refractivity (Wildman–Crippen MR) is 139 cm³/mol. The lowest BCUT2D eigenvalue weighted by Gasteiger charge is -2.30. The van der Waals surface area contributed by atoms with Crippen LogP contribution in [0.5, 0.6) is 5.75 Å². The summed E-state index contributed by atoms with van der Waals surface area (Å²) >= 11 is 0. The van der Waals surface area contributed by atoms with Gasteiger partial charge in [0.25, 0.3) is 0 Å². The quantitative estimate of drug-likeness (QED) is 0.450. The fourth-order valence-electron chi connectivity index (χ4n) is 5.03. The highest BCUT2D eigenvalue weighted by Crippen LogP contribution is 2.44. The van der Waals surface area contributed by atoms with E-state index in [2.05, 4.69) is 67.8 Å². The second-order valence-electron chi connectivity index (χ2n) is 10.3. The van der Waals surface area contributed by atoms with Crippen LogP contribution in [0.25, 0.3) is 0 Å². The largest absolute Gasteiger partial charge is 0.497 e. The third-order valence-corrected chi connectivity index (χ3v) is 7.01. The van der Waals surface area contributed by atoms with E-state index in [0.29, 0.717) is 6.42 Å². The summed E-state index contributed by atoms with van der Waals surface area (Å²) in [4.78, 5) is 13.7. The maximum atomic E-state index is 13.7. The Balaban J connectivity index is 1.54. The molecule has 1 heterocycles. The van der Waals surface area contributed by atoms with Crippen LogP contribution in [0.3, 0.4) is 0 Å². The lowest BCUT2D eigenvalue weighted by atomic mass is 9.77. The molecule has 34 heavy (non-hydrogen) atoms. The number of Topliss-reactive ketones (excluding diaryl/α,β-unsaturated/α-hetero) is 1. The maximum absolute atomic E-state index is 13.7. The molecule has 3 aromatic carbocycles. The van der Waals surface area contributed by atoms with E-state index in [1.807, 2.05) is 36.4 Å². The molecule has 2 aliphatic rings. The molecule has 0 bridgehead atoms. The summed E-state index contributed by atoms with van der Waals surface area (Å²) in [5.41, 5.74) is 7.54. The molecule has 2 N–H and O–H groups in total. The minimum Gasteiger partial charge on any atom is -0.497 e. The van der Waals surface area contributed by atoms with Gasteiger partial charge < -0.3 is 15.4 Å². The molecule has 0 spiro atoms. The fraction of sp³-hybridized carbons (Fsp3) is 0.300. The number of allylic oxidation sites excluding steroid dienone is 1. The van der Waals surface area contributed by atoms with Gasteiger partial charge >= 0.3 is 0 Å².